The number of unbranched alkanes of at least 4 members (excludes halogenated alkanes) is 1. The molecule has 0 amide bonds. The van der Waals surface area contributed by atoms with E-state index in [1.807, 2.05) is 12.1 Å². The van der Waals surface area contributed by atoms with Gasteiger partial charge in [-0.2, -0.15) is 0 Å². The van der Waals surface area contributed by atoms with Gasteiger partial charge < -0.3 is 9.52 Å². The minimum Gasteiger partial charge on any atom is -0.475 e. The summed E-state index contributed by atoms with van der Waals surface area (Å²) in [5.41, 5.74) is 2.53. The van der Waals surface area contributed by atoms with Crippen molar-refractivity contribution in [1.82, 2.24) is 0 Å². The molecule has 0 bridgehead atoms. The van der Waals surface area contributed by atoms with Gasteiger partial charge in [-0.25, -0.2) is 4.79 Å². The quantitative estimate of drug-likeness (QED) is 0.907. The van der Waals surface area contributed by atoms with E-state index in [1.54, 1.807) is 11.8 Å². The lowest BCUT2D eigenvalue weighted by atomic mass is 10.0. The Balaban J connectivity index is 2.19. The van der Waals surface area contributed by atoms with Crippen LogP contribution in [0.3, 0.4) is 0 Å². The largest absolute Gasteiger partial charge is 0.475 e. The highest BCUT2D eigenvalue weighted by Gasteiger charge is 2.26. The van der Waals surface area contributed by atoms with E-state index < -0.39 is 5.97 Å². The number of carboxylic acids is 1. The number of hydrogen-bond donors (Lipinski definition) is 1. The Morgan fingerprint density at radius 2 is 2.17 bits per heavy atom. The summed E-state index contributed by atoms with van der Waals surface area (Å²) in [6.45, 7) is 3.65. The molecule has 23 heavy (non-hydrogen) atoms. The maximum Gasteiger partial charge on any atom is 0.372 e. The standard InChI is InChI=1S/C18H18O4S/c1-3-4-5-11-6-7-14-12(8-11)17-13(9-23-14)15(19)10(2)16(22-17)18(20)21/h6-8H,3-5,9H2,1-2H3,(H,20,21). The summed E-state index contributed by atoms with van der Waals surface area (Å²) in [5, 5.41) is 9.27. The van der Waals surface area contributed by atoms with Crippen molar-refractivity contribution in [2.75, 3.05) is 0 Å². The number of carboxylic acid groups (broad SMARTS) is 1. The zero-order chi connectivity index (χ0) is 16.6. The van der Waals surface area contributed by atoms with E-state index in [9.17, 15) is 14.7 Å². The molecule has 2 heterocycles. The molecule has 4 nitrogen and oxygen atoms in total. The third kappa shape index (κ3) is 2.81. The first-order chi connectivity index (χ1) is 11.0. The molecule has 0 atom stereocenters. The molecular formula is C18H18O4S. The van der Waals surface area contributed by atoms with Gasteiger partial charge >= 0.3 is 5.97 Å². The Morgan fingerprint density at radius 3 is 2.87 bits per heavy atom. The minimum atomic E-state index is -1.20. The van der Waals surface area contributed by atoms with E-state index in [1.165, 1.54) is 12.5 Å². The molecule has 0 spiro atoms. The Morgan fingerprint density at radius 1 is 1.39 bits per heavy atom. The molecule has 1 aromatic heterocycles. The SMILES string of the molecule is CCCCc1ccc2c(c1)-c1oc(C(=O)O)c(C)c(=O)c1CS2. The Bertz CT molecular complexity index is 836. The molecule has 0 radical (unpaired) electrons. The van der Waals surface area contributed by atoms with Gasteiger partial charge in [0.15, 0.2) is 5.43 Å². The van der Waals surface area contributed by atoms with Crippen molar-refractivity contribution in [3.63, 3.8) is 0 Å². The summed E-state index contributed by atoms with van der Waals surface area (Å²) in [6, 6.07) is 6.16. The van der Waals surface area contributed by atoms with E-state index in [-0.39, 0.29) is 16.8 Å². The van der Waals surface area contributed by atoms with E-state index in [0.717, 1.165) is 29.7 Å². The molecule has 2 aromatic rings. The van der Waals surface area contributed by atoms with Crippen LogP contribution in [0.2, 0.25) is 0 Å². The lowest BCUT2D eigenvalue weighted by molar-refractivity contribution is 0.0659. The van der Waals surface area contributed by atoms with Gasteiger partial charge in [0.05, 0.1) is 5.56 Å². The second-order valence-corrected chi connectivity index (χ2v) is 6.74. The van der Waals surface area contributed by atoms with Crippen LogP contribution in [0.5, 0.6) is 0 Å². The number of benzene rings is 1. The zero-order valence-electron chi connectivity index (χ0n) is 13.1. The Labute approximate surface area is 138 Å². The fourth-order valence-electron chi connectivity index (χ4n) is 2.79. The summed E-state index contributed by atoms with van der Waals surface area (Å²) in [7, 11) is 0. The van der Waals surface area contributed by atoms with Crippen LogP contribution in [0, 0.1) is 6.92 Å². The van der Waals surface area contributed by atoms with Crippen LogP contribution in [-0.2, 0) is 12.2 Å². The van der Waals surface area contributed by atoms with Gasteiger partial charge in [0.2, 0.25) is 5.76 Å². The third-order valence-corrected chi connectivity index (χ3v) is 5.21. The summed E-state index contributed by atoms with van der Waals surface area (Å²) in [6.07, 6.45) is 3.17. The van der Waals surface area contributed by atoms with Gasteiger partial charge in [-0.1, -0.05) is 19.4 Å². The van der Waals surface area contributed by atoms with Crippen LogP contribution in [0.25, 0.3) is 11.3 Å². The number of thioether (sulfide) groups is 1. The number of carbonyl (C=O) groups is 1. The molecule has 5 heteroatoms. The highest BCUT2D eigenvalue weighted by Crippen LogP contribution is 2.41. The highest BCUT2D eigenvalue weighted by atomic mass is 32.2. The average Bonchev–Trinajstić information content (AvgIpc) is 2.55. The number of aryl methyl sites for hydroxylation is 1. The van der Waals surface area contributed by atoms with Crippen molar-refractivity contribution in [3.05, 3.63) is 50.9 Å². The van der Waals surface area contributed by atoms with Gasteiger partial charge in [-0.3, -0.25) is 4.79 Å². The van der Waals surface area contributed by atoms with Crippen LogP contribution < -0.4 is 5.43 Å². The molecule has 1 aliphatic rings. The van der Waals surface area contributed by atoms with Crippen molar-refractivity contribution < 1.29 is 14.3 Å². The predicted molar refractivity (Wildman–Crippen MR) is 90.3 cm³/mol. The molecule has 1 aliphatic heterocycles. The molecule has 1 aromatic carbocycles. The summed E-state index contributed by atoms with van der Waals surface area (Å²) < 4.78 is 5.65. The van der Waals surface area contributed by atoms with E-state index in [4.69, 9.17) is 4.42 Å². The lowest BCUT2D eigenvalue weighted by Crippen LogP contribution is -2.19. The van der Waals surface area contributed by atoms with Crippen LogP contribution in [0.1, 0.15) is 47.0 Å². The molecule has 1 N–H and O–H groups in total. The molecule has 120 valence electrons. The molecule has 0 saturated carbocycles. The van der Waals surface area contributed by atoms with Crippen LogP contribution in [0.4, 0.5) is 0 Å². The number of fused-ring (bicyclic) bond motifs is 3. The average molecular weight is 330 g/mol. The minimum absolute atomic E-state index is 0.169. The molecule has 0 aliphatic carbocycles. The first-order valence-corrected chi connectivity index (χ1v) is 8.67. The maximum absolute atomic E-state index is 12.5. The second-order valence-electron chi connectivity index (χ2n) is 5.72. The monoisotopic (exact) mass is 330 g/mol. The van der Waals surface area contributed by atoms with Crippen molar-refractivity contribution >= 4 is 17.7 Å². The Hall–Kier alpha value is -2.01. The Kier molecular flexibility index (Phi) is 4.31. The summed E-state index contributed by atoms with van der Waals surface area (Å²) >= 11 is 1.59. The van der Waals surface area contributed by atoms with E-state index in [2.05, 4.69) is 13.0 Å². The van der Waals surface area contributed by atoms with Gasteiger partial charge in [-0.05, 0) is 37.5 Å². The molecular weight excluding hydrogens is 312 g/mol. The zero-order valence-corrected chi connectivity index (χ0v) is 14.0. The number of rotatable bonds is 4. The van der Waals surface area contributed by atoms with Gasteiger partial charge in [-0.15, -0.1) is 11.8 Å². The highest BCUT2D eigenvalue weighted by molar-refractivity contribution is 7.98. The van der Waals surface area contributed by atoms with Crippen LogP contribution in [-0.4, -0.2) is 11.1 Å². The number of aromatic carboxylic acids is 1. The fourth-order valence-corrected chi connectivity index (χ4v) is 3.83. The maximum atomic E-state index is 12.5. The fraction of sp³-hybridized carbons (Fsp3) is 0.333. The second kappa shape index (κ2) is 6.24. The van der Waals surface area contributed by atoms with Crippen molar-refractivity contribution in [3.8, 4) is 11.3 Å². The number of hydrogen-bond acceptors (Lipinski definition) is 4. The molecule has 0 fully saturated rings. The van der Waals surface area contributed by atoms with Crippen molar-refractivity contribution in [2.45, 2.75) is 43.8 Å². The molecule has 0 unspecified atom stereocenters. The summed E-state index contributed by atoms with van der Waals surface area (Å²) in [4.78, 5) is 24.8. The topological polar surface area (TPSA) is 67.5 Å². The molecule has 0 saturated heterocycles. The normalized spacial score (nSPS) is 12.6. The van der Waals surface area contributed by atoms with Crippen LogP contribution >= 0.6 is 11.8 Å². The van der Waals surface area contributed by atoms with E-state index in [0.29, 0.717) is 17.1 Å². The smallest absolute Gasteiger partial charge is 0.372 e. The molecule has 3 rings (SSSR count). The van der Waals surface area contributed by atoms with Gasteiger partial charge in [0, 0.05) is 21.8 Å². The first kappa shape index (κ1) is 15.9. The first-order valence-electron chi connectivity index (χ1n) is 7.69. The lowest BCUT2D eigenvalue weighted by Gasteiger charge is -2.19. The van der Waals surface area contributed by atoms with E-state index >= 15 is 0 Å². The summed E-state index contributed by atoms with van der Waals surface area (Å²) in [5.74, 6) is -0.528. The van der Waals surface area contributed by atoms with Crippen molar-refractivity contribution in [2.24, 2.45) is 0 Å². The predicted octanol–water partition coefficient (Wildman–Crippen LogP) is 4.26. The van der Waals surface area contributed by atoms with Crippen LogP contribution in [0.15, 0.2) is 32.3 Å². The third-order valence-electron chi connectivity index (χ3n) is 4.11. The van der Waals surface area contributed by atoms with Gasteiger partial charge in [0.25, 0.3) is 0 Å². The van der Waals surface area contributed by atoms with Gasteiger partial charge in [0.1, 0.15) is 5.76 Å². The van der Waals surface area contributed by atoms with Crippen molar-refractivity contribution in [1.29, 1.82) is 0 Å².